The van der Waals surface area contributed by atoms with Crippen LogP contribution in [0.4, 0.5) is 5.69 Å². The second-order valence-electron chi connectivity index (χ2n) is 7.71. The van der Waals surface area contributed by atoms with Crippen LogP contribution in [0.2, 0.25) is 0 Å². The molecule has 0 atom stereocenters. The minimum Gasteiger partial charge on any atom is -0.748 e. The van der Waals surface area contributed by atoms with Gasteiger partial charge in [0.2, 0.25) is 0 Å². The van der Waals surface area contributed by atoms with Crippen molar-refractivity contribution in [1.29, 1.82) is 0 Å². The average Bonchev–Trinajstić information content (AvgIpc) is 3.57. The van der Waals surface area contributed by atoms with Crippen LogP contribution < -0.4 is 20.8 Å². The predicted molar refractivity (Wildman–Crippen MR) is 143 cm³/mol. The first-order valence-electron chi connectivity index (χ1n) is 10.8. The summed E-state index contributed by atoms with van der Waals surface area (Å²) in [4.78, 5) is 2.19. The number of nitrogens with zero attached hydrogens (tertiary/aromatic N) is 1. The van der Waals surface area contributed by atoms with Gasteiger partial charge in [0, 0.05) is 17.1 Å². The second kappa shape index (κ2) is 12.4. The van der Waals surface area contributed by atoms with Crippen LogP contribution in [0.15, 0.2) is 133 Å². The van der Waals surface area contributed by atoms with E-state index in [1.807, 2.05) is 30.3 Å². The van der Waals surface area contributed by atoms with Crippen LogP contribution in [0.3, 0.4) is 0 Å². The van der Waals surface area contributed by atoms with Crippen molar-refractivity contribution in [3.05, 3.63) is 133 Å². The van der Waals surface area contributed by atoms with Gasteiger partial charge in [-0.3, -0.25) is 0 Å². The molecule has 5 aromatic rings. The molecule has 0 N–H and O–H groups in total. The molecule has 0 spiro atoms. The van der Waals surface area contributed by atoms with Gasteiger partial charge in [-0.25, -0.2) is 0 Å². The van der Waals surface area contributed by atoms with Gasteiger partial charge in [-0.15, -0.1) is 11.6 Å². The molecule has 0 fully saturated rings. The van der Waals surface area contributed by atoms with Crippen LogP contribution in [-0.2, 0) is 17.1 Å². The van der Waals surface area contributed by atoms with Crippen molar-refractivity contribution in [3.8, 4) is 11.1 Å². The van der Waals surface area contributed by atoms with Crippen molar-refractivity contribution < 1.29 is 17.1 Å². The van der Waals surface area contributed by atoms with Gasteiger partial charge in [-0.2, -0.15) is 12.1 Å². The Balaban J connectivity index is 0.000000453. The Morgan fingerprint density at radius 2 is 1.09 bits per heavy atom. The molecule has 0 saturated carbocycles. The fraction of sp³-hybridized carbons (Fsp3) is 0.0667. The van der Waals surface area contributed by atoms with E-state index < -0.39 is 7.92 Å². The monoisotopic (exact) mass is 489 g/mol. The second-order valence-corrected chi connectivity index (χ2v) is 9.89. The summed E-state index contributed by atoms with van der Waals surface area (Å²) in [6.07, 6.45) is 0. The van der Waals surface area contributed by atoms with E-state index in [1.165, 1.54) is 32.7 Å². The summed E-state index contributed by atoms with van der Waals surface area (Å²) < 4.78 is 0. The molecule has 0 bridgehead atoms. The number of anilines is 1. The smallest absolute Gasteiger partial charge is 0 e. The minimum atomic E-state index is -0.622. The van der Waals surface area contributed by atoms with E-state index in [0.29, 0.717) is 0 Å². The molecule has 0 aliphatic carbocycles. The van der Waals surface area contributed by atoms with E-state index >= 15 is 0 Å². The molecular formula is C30H28FeNP-6. The Labute approximate surface area is 209 Å². The van der Waals surface area contributed by atoms with Crippen molar-refractivity contribution in [2.75, 3.05) is 19.0 Å². The van der Waals surface area contributed by atoms with Crippen molar-refractivity contribution in [2.24, 2.45) is 0 Å². The van der Waals surface area contributed by atoms with E-state index in [4.69, 9.17) is 0 Å². The van der Waals surface area contributed by atoms with Crippen molar-refractivity contribution in [1.82, 2.24) is 0 Å². The maximum absolute atomic E-state index is 2.30. The van der Waals surface area contributed by atoms with Crippen LogP contribution >= 0.6 is 7.92 Å². The van der Waals surface area contributed by atoms with Crippen LogP contribution in [0.25, 0.3) is 11.1 Å². The zero-order chi connectivity index (χ0) is 22.2. The van der Waals surface area contributed by atoms with Gasteiger partial charge in [0.1, 0.15) is 0 Å². The summed E-state index contributed by atoms with van der Waals surface area (Å²) in [5.41, 5.74) is 3.89. The third-order valence-electron chi connectivity index (χ3n) is 5.29. The molecule has 1 nitrogen and oxygen atoms in total. The van der Waals surface area contributed by atoms with Gasteiger partial charge in [-0.05, 0) is 43.6 Å². The molecule has 0 aliphatic heterocycles. The van der Waals surface area contributed by atoms with Gasteiger partial charge in [0.15, 0.2) is 0 Å². The molecule has 5 rings (SSSR count). The minimum absolute atomic E-state index is 0. The summed E-state index contributed by atoms with van der Waals surface area (Å²) in [5, 5.41) is 4.16. The maximum Gasteiger partial charge on any atom is 0 e. The summed E-state index contributed by atoms with van der Waals surface area (Å²) in [6.45, 7) is 0. The Morgan fingerprint density at radius 3 is 1.61 bits per heavy atom. The number of hydrogen-bond acceptors (Lipinski definition) is 1. The van der Waals surface area contributed by atoms with Crippen LogP contribution in [0.1, 0.15) is 0 Å². The van der Waals surface area contributed by atoms with Gasteiger partial charge < -0.3 is 35.2 Å². The molecule has 172 valence electrons. The fourth-order valence-electron chi connectivity index (χ4n) is 3.83. The molecule has 0 aliphatic rings. The molecular weight excluding hydrogens is 461 g/mol. The van der Waals surface area contributed by atoms with Crippen molar-refractivity contribution in [3.63, 3.8) is 0 Å². The molecule has 5 aromatic carbocycles. The quantitative estimate of drug-likeness (QED) is 0.159. The van der Waals surface area contributed by atoms with Gasteiger partial charge >= 0.3 is 0 Å². The summed E-state index contributed by atoms with van der Waals surface area (Å²) >= 11 is 0. The Hall–Kier alpha value is -2.89. The summed E-state index contributed by atoms with van der Waals surface area (Å²) in [5.74, 6) is 0. The molecule has 0 unspecified atom stereocenters. The molecule has 0 aromatic heterocycles. The first kappa shape index (κ1) is 24.7. The Kier molecular flexibility index (Phi) is 9.28. The molecule has 0 radical (unpaired) electrons. The molecule has 3 heteroatoms. The zero-order valence-electron chi connectivity index (χ0n) is 18.9. The topological polar surface area (TPSA) is 3.24 Å². The third kappa shape index (κ3) is 6.12. The fourth-order valence-corrected chi connectivity index (χ4v) is 6.29. The van der Waals surface area contributed by atoms with E-state index in [0.717, 1.165) is 0 Å². The van der Waals surface area contributed by atoms with E-state index in [-0.39, 0.29) is 17.1 Å². The SMILES string of the molecule is CN(C)[c-]1cccc1-c1ccccc1P(c1ccccc1)c1ccccc1.[Fe].[cH-]1[cH-][cH-][cH-][cH-]1. The summed E-state index contributed by atoms with van der Waals surface area (Å²) in [6, 6.07) is 47.2. The normalized spacial score (nSPS) is 10.2. The standard InChI is InChI=1S/C25H23NP.C5H5.Fe/c1-26(2)24-18-11-17-22(24)23-16-9-10-19-25(23)27(20-12-5-3-6-13-20)21-14-7-4-8-15-21;1-2-4-5-3-1;/h3-19H,1-2H3;1-5H;/q-1;-5;. The van der Waals surface area contributed by atoms with Gasteiger partial charge in [0.05, 0.1) is 0 Å². The first-order valence-corrected chi connectivity index (χ1v) is 12.2. The predicted octanol–water partition coefficient (Wildman–Crippen LogP) is 6.30. The Morgan fingerprint density at radius 1 is 0.606 bits per heavy atom. The molecule has 33 heavy (non-hydrogen) atoms. The van der Waals surface area contributed by atoms with Crippen LogP contribution in [0.5, 0.6) is 0 Å². The van der Waals surface area contributed by atoms with E-state index in [9.17, 15) is 0 Å². The molecule has 0 saturated heterocycles. The van der Waals surface area contributed by atoms with Crippen LogP contribution in [-0.4, -0.2) is 14.1 Å². The van der Waals surface area contributed by atoms with Crippen molar-refractivity contribution in [2.45, 2.75) is 0 Å². The zero-order valence-corrected chi connectivity index (χ0v) is 20.9. The largest absolute Gasteiger partial charge is 0.748 e. The van der Waals surface area contributed by atoms with E-state index in [2.05, 4.69) is 122 Å². The average molecular weight is 489 g/mol. The molecule has 0 amide bonds. The van der Waals surface area contributed by atoms with E-state index in [1.54, 1.807) is 0 Å². The Bertz CT molecular complexity index is 1140. The van der Waals surface area contributed by atoms with Gasteiger partial charge in [0.25, 0.3) is 0 Å². The van der Waals surface area contributed by atoms with Crippen LogP contribution in [0, 0.1) is 0 Å². The number of hydrogen-bond donors (Lipinski definition) is 0. The van der Waals surface area contributed by atoms with Crippen molar-refractivity contribution >= 4 is 29.5 Å². The number of rotatable bonds is 5. The first-order chi connectivity index (χ1) is 15.8. The number of benzene rings is 3. The summed E-state index contributed by atoms with van der Waals surface area (Å²) in [7, 11) is 3.60. The molecule has 0 heterocycles. The van der Waals surface area contributed by atoms with Gasteiger partial charge in [-0.1, -0.05) is 90.5 Å². The third-order valence-corrected chi connectivity index (χ3v) is 7.80. The maximum atomic E-state index is 2.30.